The number of carbonyl (C=O) groups is 1. The third-order valence-electron chi connectivity index (χ3n) is 4.17. The fourth-order valence-corrected chi connectivity index (χ4v) is 4.79. The van der Waals surface area contributed by atoms with Crippen molar-refractivity contribution >= 4 is 38.3 Å². The summed E-state index contributed by atoms with van der Waals surface area (Å²) in [6, 6.07) is 7.25. The van der Waals surface area contributed by atoms with Crippen LogP contribution in [0.2, 0.25) is 5.02 Å². The van der Waals surface area contributed by atoms with Gasteiger partial charge in [-0.2, -0.15) is 4.73 Å². The molecule has 0 fully saturated rings. The van der Waals surface area contributed by atoms with Crippen LogP contribution in [-0.2, 0) is 25.9 Å². The number of ether oxygens (including phenoxy) is 1. The van der Waals surface area contributed by atoms with Gasteiger partial charge in [-0.25, -0.2) is 8.42 Å². The van der Waals surface area contributed by atoms with E-state index < -0.39 is 15.8 Å². The standard InChI is InChI=1S/C18H17ClN2O5S/c1-3-26-17(22)11-21-12(2)18(15-10-20(23)9-8-16(15)21)27(24,25)14-6-4-13(19)5-7-14/h4-10H,3,11H2,1-2H3. The summed E-state index contributed by atoms with van der Waals surface area (Å²) in [6.45, 7) is 3.34. The van der Waals surface area contributed by atoms with Crippen molar-refractivity contribution in [3.63, 3.8) is 0 Å². The third-order valence-corrected chi connectivity index (χ3v) is 6.36. The summed E-state index contributed by atoms with van der Waals surface area (Å²) >= 11 is 5.85. The lowest BCUT2D eigenvalue weighted by Gasteiger charge is -2.08. The molecule has 1 aromatic carbocycles. The molecule has 0 unspecified atom stereocenters. The summed E-state index contributed by atoms with van der Waals surface area (Å²) in [6.07, 6.45) is 2.44. The number of pyridine rings is 1. The number of esters is 1. The number of rotatable bonds is 5. The lowest BCUT2D eigenvalue weighted by molar-refractivity contribution is -0.603. The summed E-state index contributed by atoms with van der Waals surface area (Å²) in [5, 5.41) is 12.4. The number of carbonyl (C=O) groups excluding carboxylic acids is 1. The molecule has 0 aliphatic rings. The molecule has 0 radical (unpaired) electrons. The summed E-state index contributed by atoms with van der Waals surface area (Å²) < 4.78 is 33.5. The van der Waals surface area contributed by atoms with Gasteiger partial charge in [0.2, 0.25) is 9.84 Å². The fourth-order valence-electron chi connectivity index (χ4n) is 2.99. The molecule has 0 bridgehead atoms. The molecule has 0 amide bonds. The van der Waals surface area contributed by atoms with E-state index in [2.05, 4.69) is 0 Å². The minimum atomic E-state index is -3.94. The van der Waals surface area contributed by atoms with Crippen LogP contribution in [0.1, 0.15) is 12.6 Å². The quantitative estimate of drug-likeness (QED) is 0.367. The molecule has 3 aromatic rings. The van der Waals surface area contributed by atoms with E-state index in [4.69, 9.17) is 16.3 Å². The first-order valence-corrected chi connectivity index (χ1v) is 9.99. The Morgan fingerprint density at radius 3 is 2.56 bits per heavy atom. The molecule has 7 nitrogen and oxygen atoms in total. The van der Waals surface area contributed by atoms with E-state index in [1.165, 1.54) is 47.3 Å². The van der Waals surface area contributed by atoms with Crippen molar-refractivity contribution in [3.05, 3.63) is 58.6 Å². The summed E-state index contributed by atoms with van der Waals surface area (Å²) in [4.78, 5) is 12.0. The van der Waals surface area contributed by atoms with Crippen LogP contribution in [-0.4, -0.2) is 25.6 Å². The van der Waals surface area contributed by atoms with Gasteiger partial charge in [-0.15, -0.1) is 0 Å². The zero-order valence-corrected chi connectivity index (χ0v) is 16.2. The second-order valence-electron chi connectivity index (χ2n) is 5.87. The van der Waals surface area contributed by atoms with Crippen LogP contribution in [0.15, 0.2) is 52.5 Å². The Hall–Kier alpha value is -2.58. The van der Waals surface area contributed by atoms with Crippen LogP contribution in [0, 0.1) is 12.1 Å². The van der Waals surface area contributed by atoms with Gasteiger partial charge in [0.05, 0.1) is 22.4 Å². The fraction of sp³-hybridized carbons (Fsp3) is 0.222. The number of fused-ring (bicyclic) bond motifs is 1. The zero-order chi connectivity index (χ0) is 19.8. The van der Waals surface area contributed by atoms with E-state index in [1.54, 1.807) is 13.8 Å². The number of hydrogen-bond donors (Lipinski definition) is 0. The number of halogens is 1. The van der Waals surface area contributed by atoms with Crippen LogP contribution in [0.4, 0.5) is 0 Å². The van der Waals surface area contributed by atoms with Gasteiger partial charge in [-0.1, -0.05) is 11.6 Å². The van der Waals surface area contributed by atoms with Crippen molar-refractivity contribution in [1.82, 2.24) is 4.57 Å². The topological polar surface area (TPSA) is 92.3 Å². The van der Waals surface area contributed by atoms with Gasteiger partial charge in [0.25, 0.3) is 0 Å². The van der Waals surface area contributed by atoms with Gasteiger partial charge in [0.15, 0.2) is 12.4 Å². The highest BCUT2D eigenvalue weighted by Gasteiger charge is 2.29. The molecule has 2 heterocycles. The van der Waals surface area contributed by atoms with Crippen LogP contribution in [0.3, 0.4) is 0 Å². The average molecular weight is 409 g/mol. The van der Waals surface area contributed by atoms with Crippen LogP contribution < -0.4 is 4.73 Å². The van der Waals surface area contributed by atoms with E-state index in [0.717, 1.165) is 0 Å². The molecule has 9 heteroatoms. The maximum absolute atomic E-state index is 13.2. The second-order valence-corrected chi connectivity index (χ2v) is 8.19. The first-order valence-electron chi connectivity index (χ1n) is 8.13. The second kappa shape index (κ2) is 7.21. The number of hydrogen-bond acceptors (Lipinski definition) is 5. The molecule has 2 aromatic heterocycles. The van der Waals surface area contributed by atoms with Crippen molar-refractivity contribution in [3.8, 4) is 0 Å². The van der Waals surface area contributed by atoms with E-state index in [1.807, 2.05) is 0 Å². The molecular formula is C18H17ClN2O5S. The van der Waals surface area contributed by atoms with E-state index in [-0.39, 0.29) is 28.3 Å². The first-order chi connectivity index (χ1) is 12.8. The van der Waals surface area contributed by atoms with E-state index in [9.17, 15) is 18.4 Å². The van der Waals surface area contributed by atoms with Crippen molar-refractivity contribution in [2.75, 3.05) is 6.61 Å². The van der Waals surface area contributed by atoms with E-state index in [0.29, 0.717) is 21.0 Å². The molecular weight excluding hydrogens is 392 g/mol. The molecule has 0 N–H and O–H groups in total. The Balaban J connectivity index is 2.26. The third kappa shape index (κ3) is 3.50. The van der Waals surface area contributed by atoms with Gasteiger partial charge < -0.3 is 14.5 Å². The first kappa shape index (κ1) is 19.2. The van der Waals surface area contributed by atoms with Gasteiger partial charge in [-0.3, -0.25) is 4.79 Å². The van der Waals surface area contributed by atoms with Crippen molar-refractivity contribution in [1.29, 1.82) is 0 Å². The van der Waals surface area contributed by atoms with Crippen molar-refractivity contribution < 1.29 is 22.7 Å². The molecule has 0 atom stereocenters. The lowest BCUT2D eigenvalue weighted by atomic mass is 10.3. The van der Waals surface area contributed by atoms with Gasteiger partial charge in [0, 0.05) is 16.8 Å². The molecule has 3 rings (SSSR count). The number of nitrogens with zero attached hydrogens (tertiary/aromatic N) is 2. The van der Waals surface area contributed by atoms with Crippen LogP contribution >= 0.6 is 11.6 Å². The van der Waals surface area contributed by atoms with Crippen LogP contribution in [0.5, 0.6) is 0 Å². The van der Waals surface area contributed by atoms with Crippen molar-refractivity contribution in [2.45, 2.75) is 30.2 Å². The SMILES string of the molecule is CCOC(=O)Cn1c(C)c(S(=O)(=O)c2ccc(Cl)cc2)c2c[n+]([O-])ccc21. The predicted octanol–water partition coefficient (Wildman–Crippen LogP) is 2.63. The highest BCUT2D eigenvalue weighted by atomic mass is 35.5. The molecule has 0 aliphatic heterocycles. The van der Waals surface area contributed by atoms with Crippen molar-refractivity contribution in [2.24, 2.45) is 0 Å². The Morgan fingerprint density at radius 1 is 1.26 bits per heavy atom. The van der Waals surface area contributed by atoms with Crippen LogP contribution in [0.25, 0.3) is 10.9 Å². The number of aromatic nitrogens is 2. The summed E-state index contributed by atoms with van der Waals surface area (Å²) in [5.41, 5.74) is 0.805. The predicted molar refractivity (Wildman–Crippen MR) is 99.2 cm³/mol. The highest BCUT2D eigenvalue weighted by Crippen LogP contribution is 2.33. The lowest BCUT2D eigenvalue weighted by Crippen LogP contribution is -2.24. The Kier molecular flexibility index (Phi) is 5.12. The van der Waals surface area contributed by atoms with E-state index >= 15 is 0 Å². The Bertz CT molecular complexity index is 1120. The van der Waals surface area contributed by atoms with Gasteiger partial charge in [-0.05, 0) is 38.1 Å². The monoisotopic (exact) mass is 408 g/mol. The maximum Gasteiger partial charge on any atom is 0.325 e. The number of benzene rings is 1. The summed E-state index contributed by atoms with van der Waals surface area (Å²) in [5.74, 6) is -0.494. The molecule has 0 saturated heterocycles. The number of sulfone groups is 1. The Labute approximate surface area is 161 Å². The smallest absolute Gasteiger partial charge is 0.325 e. The molecule has 142 valence electrons. The van der Waals surface area contributed by atoms with Gasteiger partial charge in [0.1, 0.15) is 11.4 Å². The largest absolute Gasteiger partial charge is 0.619 e. The summed E-state index contributed by atoms with van der Waals surface area (Å²) in [7, 11) is -3.94. The minimum Gasteiger partial charge on any atom is -0.619 e. The van der Waals surface area contributed by atoms with Gasteiger partial charge >= 0.3 is 5.97 Å². The maximum atomic E-state index is 13.2. The minimum absolute atomic E-state index is 0.0191. The molecule has 27 heavy (non-hydrogen) atoms. The highest BCUT2D eigenvalue weighted by molar-refractivity contribution is 7.91. The zero-order valence-electron chi connectivity index (χ0n) is 14.7. The molecule has 0 aliphatic carbocycles. The Morgan fingerprint density at radius 2 is 1.93 bits per heavy atom. The molecule has 0 spiro atoms. The average Bonchev–Trinajstić information content (AvgIpc) is 2.87. The normalized spacial score (nSPS) is 11.7. The molecule has 0 saturated carbocycles.